The summed E-state index contributed by atoms with van der Waals surface area (Å²) in [5, 5.41) is 16.2. The van der Waals surface area contributed by atoms with Crippen LogP contribution in [0.3, 0.4) is 0 Å². The van der Waals surface area contributed by atoms with Gasteiger partial charge in [0, 0.05) is 34.7 Å². The minimum Gasteiger partial charge on any atom is -0.495 e. The van der Waals surface area contributed by atoms with E-state index >= 15 is 0 Å². The van der Waals surface area contributed by atoms with Crippen molar-refractivity contribution in [2.75, 3.05) is 43.7 Å². The zero-order chi connectivity index (χ0) is 34.3. The average molecular weight is 663 g/mol. The van der Waals surface area contributed by atoms with E-state index in [1.165, 1.54) is 77.5 Å². The summed E-state index contributed by atoms with van der Waals surface area (Å²) in [4.78, 5) is 27.7. The number of carbonyl (C=O) groups excluding carboxylic acids is 2. The molecule has 1 aromatic heterocycles. The molecule has 4 aromatic rings. The quantitative estimate of drug-likeness (QED) is 0.246. The Labute approximate surface area is 275 Å². The molecule has 3 aromatic carbocycles. The lowest BCUT2D eigenvalue weighted by atomic mass is 10.00. The summed E-state index contributed by atoms with van der Waals surface area (Å²) in [7, 11) is 4.32. The molecule has 0 fully saturated rings. The number of anilines is 2. The van der Waals surface area contributed by atoms with Crippen molar-refractivity contribution in [3.8, 4) is 11.8 Å². The van der Waals surface area contributed by atoms with Crippen molar-refractivity contribution in [3.05, 3.63) is 107 Å². The second-order valence-corrected chi connectivity index (χ2v) is 13.0. The second kappa shape index (κ2) is 15.1. The van der Waals surface area contributed by atoms with Crippen LogP contribution in [0, 0.1) is 17.2 Å². The second-order valence-electron chi connectivity index (χ2n) is 11.2. The summed E-state index contributed by atoms with van der Waals surface area (Å²) in [6.07, 6.45) is 1.38. The highest BCUT2D eigenvalue weighted by atomic mass is 32.2. The number of benzene rings is 3. The van der Waals surface area contributed by atoms with E-state index in [1.54, 1.807) is 22.5 Å². The zero-order valence-electron chi connectivity index (χ0n) is 26.7. The number of methoxy groups -OCH3 is 1. The van der Waals surface area contributed by atoms with Crippen LogP contribution in [0.4, 0.5) is 20.2 Å². The third-order valence-corrected chi connectivity index (χ3v) is 8.98. The van der Waals surface area contributed by atoms with E-state index in [0.29, 0.717) is 23.9 Å². The van der Waals surface area contributed by atoms with Gasteiger partial charge in [-0.2, -0.15) is 19.1 Å². The Morgan fingerprint density at radius 2 is 1.74 bits per heavy atom. The molecule has 0 spiro atoms. The maximum absolute atomic E-state index is 14.9. The van der Waals surface area contributed by atoms with Gasteiger partial charge in [-0.25, -0.2) is 8.51 Å². The number of ether oxygens (including phenoxy) is 1. The highest BCUT2D eigenvalue weighted by Crippen LogP contribution is 2.36. The Hall–Kier alpha value is -4.93. The normalized spacial score (nSPS) is 13.4. The number of aromatic nitrogens is 2. The van der Waals surface area contributed by atoms with Crippen LogP contribution in [0.1, 0.15) is 51.4 Å². The molecule has 1 aliphatic heterocycles. The van der Waals surface area contributed by atoms with Gasteiger partial charge in [0.1, 0.15) is 17.5 Å². The third kappa shape index (κ3) is 8.08. The molecule has 0 radical (unpaired) electrons. The molecule has 1 aliphatic rings. The fraction of sp³-hybridized carbons (Fsp3) is 0.294. The fourth-order valence-electron chi connectivity index (χ4n) is 4.77. The van der Waals surface area contributed by atoms with E-state index in [0.717, 1.165) is 5.75 Å². The SMILES string of the molecule is CC(C)CS(=O)N(C)C.COc1ccc(C(=O)Nc2cnn3c2C(=O)N(c2ccc(C(F)(F)c4ccccc4)cc2)CC3)cc1C#N. The average Bonchev–Trinajstić information content (AvgIpc) is 3.48. The van der Waals surface area contributed by atoms with Crippen molar-refractivity contribution in [2.24, 2.45) is 5.92 Å². The maximum atomic E-state index is 14.9. The van der Waals surface area contributed by atoms with Crippen LogP contribution in [-0.2, 0) is 23.5 Å². The topological polar surface area (TPSA) is 121 Å². The summed E-state index contributed by atoms with van der Waals surface area (Å²) in [5.41, 5.74) is 0.902. The molecule has 10 nitrogen and oxygen atoms in total. The Morgan fingerprint density at radius 1 is 1.09 bits per heavy atom. The Balaban J connectivity index is 0.000000488. The van der Waals surface area contributed by atoms with Crippen LogP contribution in [0.2, 0.25) is 0 Å². The Kier molecular flexibility index (Phi) is 11.2. The van der Waals surface area contributed by atoms with Crippen LogP contribution in [0.5, 0.6) is 5.75 Å². The van der Waals surface area contributed by atoms with Gasteiger partial charge in [-0.3, -0.25) is 14.3 Å². The molecule has 2 heterocycles. The minimum atomic E-state index is -3.19. The molecule has 2 amide bonds. The number of hydrogen-bond acceptors (Lipinski definition) is 6. The first-order chi connectivity index (χ1) is 22.4. The molecule has 1 atom stereocenters. The standard InChI is InChI=1S/C28H21F2N5O3.C6H15NOS/c1-38-24-12-7-18(15-19(24)16-31)26(36)33-23-17-32-35-14-13-34(27(37)25(23)35)22-10-8-21(9-11-22)28(29,30)20-5-3-2-4-6-20;1-6(2)5-9(8)7(3)4/h2-12,15,17H,13-14H2,1H3,(H,33,36);6H,5H2,1-4H3. The number of halogens is 2. The first-order valence-electron chi connectivity index (χ1n) is 14.7. The van der Waals surface area contributed by atoms with E-state index in [2.05, 4.69) is 24.3 Å². The molecule has 1 unspecified atom stereocenters. The van der Waals surface area contributed by atoms with E-state index < -0.39 is 28.7 Å². The number of nitriles is 1. The highest BCUT2D eigenvalue weighted by molar-refractivity contribution is 7.82. The lowest BCUT2D eigenvalue weighted by molar-refractivity contribution is 0.0428. The van der Waals surface area contributed by atoms with Crippen LogP contribution >= 0.6 is 0 Å². The molecule has 246 valence electrons. The monoisotopic (exact) mass is 662 g/mol. The molecule has 13 heteroatoms. The van der Waals surface area contributed by atoms with Crippen molar-refractivity contribution in [2.45, 2.75) is 26.3 Å². The predicted octanol–water partition coefficient (Wildman–Crippen LogP) is 5.68. The summed E-state index contributed by atoms with van der Waals surface area (Å²) < 4.78 is 49.2. The molecule has 1 N–H and O–H groups in total. The van der Waals surface area contributed by atoms with Gasteiger partial charge >= 0.3 is 0 Å². The van der Waals surface area contributed by atoms with Gasteiger partial charge < -0.3 is 15.0 Å². The van der Waals surface area contributed by atoms with E-state index in [9.17, 15) is 27.8 Å². The molecule has 0 saturated heterocycles. The molecule has 0 saturated carbocycles. The summed E-state index contributed by atoms with van der Waals surface area (Å²) in [6.45, 7) is 4.77. The number of rotatable bonds is 9. The van der Waals surface area contributed by atoms with E-state index in [1.807, 2.05) is 20.2 Å². The van der Waals surface area contributed by atoms with Crippen LogP contribution in [0.25, 0.3) is 0 Å². The lowest BCUT2D eigenvalue weighted by Crippen LogP contribution is -2.41. The number of nitrogens with zero attached hydrogens (tertiary/aromatic N) is 5. The Bertz CT molecular complexity index is 1790. The fourth-order valence-corrected chi connectivity index (χ4v) is 5.64. The number of nitrogens with one attached hydrogen (secondary N) is 1. The van der Waals surface area contributed by atoms with Crippen LogP contribution in [-0.4, -0.2) is 63.6 Å². The number of amides is 2. The molecular weight excluding hydrogens is 626 g/mol. The summed E-state index contributed by atoms with van der Waals surface area (Å²) in [5.74, 6) is -2.52. The highest BCUT2D eigenvalue weighted by Gasteiger charge is 2.35. The minimum absolute atomic E-state index is 0.121. The van der Waals surface area contributed by atoms with Crippen LogP contribution in [0.15, 0.2) is 79.0 Å². The summed E-state index contributed by atoms with van der Waals surface area (Å²) in [6, 6.07) is 19.5. The van der Waals surface area contributed by atoms with Crippen LogP contribution < -0.4 is 15.0 Å². The van der Waals surface area contributed by atoms with Crippen molar-refractivity contribution in [1.82, 2.24) is 14.1 Å². The van der Waals surface area contributed by atoms with Crippen molar-refractivity contribution in [3.63, 3.8) is 0 Å². The van der Waals surface area contributed by atoms with Gasteiger partial charge in [0.15, 0.2) is 0 Å². The number of fused-ring (bicyclic) bond motifs is 1. The smallest absolute Gasteiger partial charge is 0.298 e. The first kappa shape index (κ1) is 34.9. The number of hydrogen-bond donors (Lipinski definition) is 1. The van der Waals surface area contributed by atoms with Gasteiger partial charge in [-0.1, -0.05) is 56.3 Å². The van der Waals surface area contributed by atoms with E-state index in [-0.39, 0.29) is 40.2 Å². The van der Waals surface area contributed by atoms with E-state index in [4.69, 9.17) is 4.74 Å². The third-order valence-electron chi connectivity index (χ3n) is 7.21. The van der Waals surface area contributed by atoms with Gasteiger partial charge in [0.2, 0.25) is 0 Å². The molecule has 0 aliphatic carbocycles. The van der Waals surface area contributed by atoms with Crippen molar-refractivity contribution >= 4 is 34.2 Å². The Morgan fingerprint density at radius 3 is 2.32 bits per heavy atom. The summed E-state index contributed by atoms with van der Waals surface area (Å²) >= 11 is 0. The zero-order valence-corrected chi connectivity index (χ0v) is 27.6. The molecule has 0 bridgehead atoms. The first-order valence-corrected chi connectivity index (χ1v) is 16.0. The largest absolute Gasteiger partial charge is 0.495 e. The van der Waals surface area contributed by atoms with Crippen molar-refractivity contribution < 1.29 is 27.3 Å². The van der Waals surface area contributed by atoms with Gasteiger partial charge in [0.25, 0.3) is 17.7 Å². The number of alkyl halides is 2. The predicted molar refractivity (Wildman–Crippen MR) is 177 cm³/mol. The van der Waals surface area contributed by atoms with Crippen molar-refractivity contribution in [1.29, 1.82) is 5.26 Å². The molecule has 5 rings (SSSR count). The number of carbonyl (C=O) groups is 2. The van der Waals surface area contributed by atoms with Gasteiger partial charge in [-0.05, 0) is 50.3 Å². The molecular formula is C34H36F2N6O4S. The molecule has 47 heavy (non-hydrogen) atoms. The lowest BCUT2D eigenvalue weighted by Gasteiger charge is -2.28. The van der Waals surface area contributed by atoms with Gasteiger partial charge in [-0.15, -0.1) is 0 Å². The maximum Gasteiger partial charge on any atom is 0.298 e. The van der Waals surface area contributed by atoms with Gasteiger partial charge in [0.05, 0.1) is 42.1 Å².